The van der Waals surface area contributed by atoms with Crippen molar-refractivity contribution in [3.05, 3.63) is 257 Å². The normalized spacial score (nSPS) is 16.3. The summed E-state index contributed by atoms with van der Waals surface area (Å²) in [6.07, 6.45) is 2.33. The lowest BCUT2D eigenvalue weighted by atomic mass is 9.63. The van der Waals surface area contributed by atoms with Gasteiger partial charge in [-0.2, -0.15) is 0 Å². The standard InChI is InChI=1S/C66H57N/c1-63(2)38-39-64(3,4)60-40-45(34-37-57(60)63)53-42-54-51-30-17-20-32-56(51)66(46-24-12-8-13-25-46,47-26-14-9-15-27-47)59(54)43-62(53)67(61-33-21-18-28-49(61)44-22-10-7-11-23-44)48-35-36-52-50-29-16-19-31-55(50)65(5,6)58(52)41-48/h7-37,40-43H,38-39H2,1-6H3. The van der Waals surface area contributed by atoms with Crippen LogP contribution < -0.4 is 4.90 Å². The van der Waals surface area contributed by atoms with Crippen molar-refractivity contribution in [2.45, 2.75) is 76.0 Å². The lowest BCUT2D eigenvalue weighted by Crippen LogP contribution is -2.33. The minimum Gasteiger partial charge on any atom is -0.309 e. The van der Waals surface area contributed by atoms with E-state index >= 15 is 0 Å². The summed E-state index contributed by atoms with van der Waals surface area (Å²) in [6, 6.07) is 80.5. The van der Waals surface area contributed by atoms with Crippen molar-refractivity contribution in [3.63, 3.8) is 0 Å². The van der Waals surface area contributed by atoms with Crippen molar-refractivity contribution >= 4 is 17.1 Å². The summed E-state index contributed by atoms with van der Waals surface area (Å²) in [7, 11) is 0. The van der Waals surface area contributed by atoms with Crippen LogP contribution in [0.2, 0.25) is 0 Å². The Morgan fingerprint density at radius 2 is 0.851 bits per heavy atom. The first-order valence-electron chi connectivity index (χ1n) is 24.2. The van der Waals surface area contributed by atoms with Crippen molar-refractivity contribution < 1.29 is 0 Å². The van der Waals surface area contributed by atoms with E-state index in [4.69, 9.17) is 0 Å². The average molecular weight is 864 g/mol. The van der Waals surface area contributed by atoms with Gasteiger partial charge in [-0.05, 0) is 132 Å². The highest BCUT2D eigenvalue weighted by Crippen LogP contribution is 2.60. The summed E-state index contributed by atoms with van der Waals surface area (Å²) in [5.41, 5.74) is 23.7. The summed E-state index contributed by atoms with van der Waals surface area (Å²) < 4.78 is 0. The molecule has 0 fully saturated rings. The predicted molar refractivity (Wildman–Crippen MR) is 282 cm³/mol. The van der Waals surface area contributed by atoms with Crippen LogP contribution in [0, 0.1) is 0 Å². The molecule has 0 spiro atoms. The van der Waals surface area contributed by atoms with E-state index in [-0.39, 0.29) is 16.2 Å². The maximum absolute atomic E-state index is 2.61. The molecule has 0 amide bonds. The van der Waals surface area contributed by atoms with Crippen molar-refractivity contribution in [2.75, 3.05) is 4.90 Å². The zero-order valence-electron chi connectivity index (χ0n) is 39.6. The highest BCUT2D eigenvalue weighted by molar-refractivity contribution is 5.99. The number of benzene rings is 9. The SMILES string of the molecule is CC1(C)CCC(C)(C)c2cc(-c3cc4c(cc3N(c3ccc5c(c3)C(C)(C)c3ccccc3-5)c3ccccc3-c3ccccc3)C(c3ccccc3)(c3ccccc3)c3ccccc3-4)ccc21. The summed E-state index contributed by atoms with van der Waals surface area (Å²) in [4.78, 5) is 2.61. The number of para-hydroxylation sites is 1. The first kappa shape index (κ1) is 41.2. The van der Waals surface area contributed by atoms with Gasteiger partial charge < -0.3 is 4.90 Å². The topological polar surface area (TPSA) is 3.24 Å². The monoisotopic (exact) mass is 863 g/mol. The van der Waals surface area contributed by atoms with Crippen LogP contribution in [0.4, 0.5) is 17.1 Å². The van der Waals surface area contributed by atoms with Crippen LogP contribution in [-0.4, -0.2) is 0 Å². The Hall–Kier alpha value is -7.22. The molecule has 12 rings (SSSR count). The largest absolute Gasteiger partial charge is 0.309 e. The second kappa shape index (κ2) is 15.2. The molecule has 0 aromatic heterocycles. The van der Waals surface area contributed by atoms with Crippen molar-refractivity contribution in [2.24, 2.45) is 0 Å². The van der Waals surface area contributed by atoms with E-state index in [1.807, 2.05) is 0 Å². The molecule has 1 nitrogen and oxygen atoms in total. The summed E-state index contributed by atoms with van der Waals surface area (Å²) in [6.45, 7) is 14.6. The maximum atomic E-state index is 2.61. The van der Waals surface area contributed by atoms with Crippen LogP contribution >= 0.6 is 0 Å². The minimum atomic E-state index is -0.574. The van der Waals surface area contributed by atoms with Crippen molar-refractivity contribution in [1.82, 2.24) is 0 Å². The molecule has 0 radical (unpaired) electrons. The van der Waals surface area contributed by atoms with E-state index in [1.165, 1.54) is 95.4 Å². The van der Waals surface area contributed by atoms with Gasteiger partial charge in [0.2, 0.25) is 0 Å². The van der Waals surface area contributed by atoms with E-state index in [2.05, 4.69) is 259 Å². The molecule has 67 heavy (non-hydrogen) atoms. The van der Waals surface area contributed by atoms with Gasteiger partial charge >= 0.3 is 0 Å². The van der Waals surface area contributed by atoms with Gasteiger partial charge in [-0.3, -0.25) is 0 Å². The number of fused-ring (bicyclic) bond motifs is 7. The number of rotatable bonds is 7. The summed E-state index contributed by atoms with van der Waals surface area (Å²) >= 11 is 0. The lowest BCUT2D eigenvalue weighted by molar-refractivity contribution is 0.332. The van der Waals surface area contributed by atoms with Gasteiger partial charge in [0, 0.05) is 22.2 Å². The molecule has 1 heteroatoms. The molecule has 0 atom stereocenters. The molecular weight excluding hydrogens is 807 g/mol. The van der Waals surface area contributed by atoms with Crippen LogP contribution in [0.1, 0.15) is 98.9 Å². The molecule has 9 aromatic rings. The van der Waals surface area contributed by atoms with Gasteiger partial charge in [-0.15, -0.1) is 0 Å². The third-order valence-corrected chi connectivity index (χ3v) is 16.0. The van der Waals surface area contributed by atoms with E-state index in [1.54, 1.807) is 0 Å². The molecular formula is C66H57N. The molecule has 0 heterocycles. The molecule has 0 unspecified atom stereocenters. The molecule has 3 aliphatic carbocycles. The van der Waals surface area contributed by atoms with E-state index in [0.717, 1.165) is 23.5 Å². The molecule has 0 saturated heterocycles. The molecule has 0 saturated carbocycles. The van der Waals surface area contributed by atoms with Gasteiger partial charge in [0.25, 0.3) is 0 Å². The fraction of sp³-hybridized carbons (Fsp3) is 0.182. The molecule has 326 valence electrons. The average Bonchev–Trinajstić information content (AvgIpc) is 3.78. The zero-order valence-corrected chi connectivity index (χ0v) is 39.6. The second-order valence-electron chi connectivity index (χ2n) is 21.1. The van der Waals surface area contributed by atoms with Gasteiger partial charge in [-0.25, -0.2) is 0 Å². The van der Waals surface area contributed by atoms with E-state index < -0.39 is 5.41 Å². The fourth-order valence-electron chi connectivity index (χ4n) is 12.4. The van der Waals surface area contributed by atoms with Crippen LogP contribution in [0.15, 0.2) is 212 Å². The minimum absolute atomic E-state index is 0.0420. The number of hydrogen-bond acceptors (Lipinski definition) is 1. The molecule has 0 N–H and O–H groups in total. The van der Waals surface area contributed by atoms with Crippen LogP contribution in [-0.2, 0) is 21.7 Å². The highest BCUT2D eigenvalue weighted by atomic mass is 15.1. The Morgan fingerprint density at radius 1 is 0.313 bits per heavy atom. The van der Waals surface area contributed by atoms with Gasteiger partial charge in [0.15, 0.2) is 0 Å². The second-order valence-corrected chi connectivity index (χ2v) is 21.1. The Morgan fingerprint density at radius 3 is 1.52 bits per heavy atom. The molecule has 9 aromatic carbocycles. The third kappa shape index (κ3) is 6.20. The Kier molecular flexibility index (Phi) is 9.33. The first-order chi connectivity index (χ1) is 32.5. The van der Waals surface area contributed by atoms with Gasteiger partial charge in [0.1, 0.15) is 0 Å². The molecule has 0 bridgehead atoms. The first-order valence-corrected chi connectivity index (χ1v) is 24.2. The number of nitrogens with zero attached hydrogens (tertiary/aromatic N) is 1. The Balaban J connectivity index is 1.23. The molecule has 0 aliphatic heterocycles. The van der Waals surface area contributed by atoms with E-state index in [9.17, 15) is 0 Å². The zero-order chi connectivity index (χ0) is 45.7. The summed E-state index contributed by atoms with van der Waals surface area (Å²) in [5.74, 6) is 0. The quantitative estimate of drug-likeness (QED) is 0.154. The Labute approximate surface area is 397 Å². The fourth-order valence-corrected chi connectivity index (χ4v) is 12.4. The van der Waals surface area contributed by atoms with Crippen molar-refractivity contribution in [3.8, 4) is 44.5 Å². The third-order valence-electron chi connectivity index (χ3n) is 16.0. The highest BCUT2D eigenvalue weighted by Gasteiger charge is 2.47. The maximum Gasteiger partial charge on any atom is 0.0714 e. The van der Waals surface area contributed by atoms with Gasteiger partial charge in [0.05, 0.1) is 16.8 Å². The van der Waals surface area contributed by atoms with Gasteiger partial charge in [-0.1, -0.05) is 224 Å². The lowest BCUT2D eigenvalue weighted by Gasteiger charge is -2.42. The Bertz CT molecular complexity index is 3330. The van der Waals surface area contributed by atoms with Crippen molar-refractivity contribution in [1.29, 1.82) is 0 Å². The van der Waals surface area contributed by atoms with Crippen LogP contribution in [0.3, 0.4) is 0 Å². The van der Waals surface area contributed by atoms with Crippen LogP contribution in [0.5, 0.6) is 0 Å². The number of anilines is 3. The summed E-state index contributed by atoms with van der Waals surface area (Å²) in [5, 5.41) is 0. The van der Waals surface area contributed by atoms with E-state index in [0.29, 0.717) is 0 Å². The van der Waals surface area contributed by atoms with Crippen LogP contribution in [0.25, 0.3) is 44.5 Å². The molecule has 3 aliphatic rings. The predicted octanol–water partition coefficient (Wildman–Crippen LogP) is 17.5. The number of hydrogen-bond donors (Lipinski definition) is 0. The smallest absolute Gasteiger partial charge is 0.0714 e.